The van der Waals surface area contributed by atoms with Gasteiger partial charge in [0.15, 0.2) is 11.4 Å². The lowest BCUT2D eigenvalue weighted by Crippen LogP contribution is -2.49. The lowest BCUT2D eigenvalue weighted by atomic mass is 10.2. The fourth-order valence-electron chi connectivity index (χ4n) is 3.45. The zero-order valence-electron chi connectivity index (χ0n) is 16.0. The first kappa shape index (κ1) is 21.1. The van der Waals surface area contributed by atoms with Crippen LogP contribution in [0.5, 0.6) is 0 Å². The molecule has 0 spiro atoms. The van der Waals surface area contributed by atoms with E-state index in [-0.39, 0.29) is 18.8 Å². The van der Waals surface area contributed by atoms with Gasteiger partial charge >= 0.3 is 6.18 Å². The minimum Gasteiger partial charge on any atom is -0.367 e. The monoisotopic (exact) mass is 453 g/mol. The maximum atomic E-state index is 13.8. The van der Waals surface area contributed by atoms with Crippen LogP contribution >= 0.6 is 11.6 Å². The summed E-state index contributed by atoms with van der Waals surface area (Å²) in [7, 11) is 0. The fourth-order valence-corrected chi connectivity index (χ4v) is 3.71. The van der Waals surface area contributed by atoms with Crippen molar-refractivity contribution in [3.8, 4) is 5.69 Å². The van der Waals surface area contributed by atoms with E-state index in [9.17, 15) is 22.4 Å². The highest BCUT2D eigenvalue weighted by Gasteiger charge is 2.43. The molecule has 1 aliphatic heterocycles. The number of rotatable bonds is 3. The molecule has 0 atom stereocenters. The number of halogens is 5. The molecule has 0 aliphatic carbocycles. The number of hydrogen-bond donors (Lipinski definition) is 0. The van der Waals surface area contributed by atoms with Crippen molar-refractivity contribution in [2.45, 2.75) is 6.18 Å². The van der Waals surface area contributed by atoms with Crippen LogP contribution in [0, 0.1) is 5.82 Å². The number of benzene rings is 2. The minimum absolute atomic E-state index is 0.0520. The van der Waals surface area contributed by atoms with Gasteiger partial charge in [-0.1, -0.05) is 28.9 Å². The summed E-state index contributed by atoms with van der Waals surface area (Å²) in [5.41, 5.74) is -1.33. The number of amides is 1. The molecule has 1 fully saturated rings. The van der Waals surface area contributed by atoms with Gasteiger partial charge in [-0.25, -0.2) is 9.07 Å². The van der Waals surface area contributed by atoms with Gasteiger partial charge in [0, 0.05) is 26.2 Å². The maximum Gasteiger partial charge on any atom is 0.435 e. The summed E-state index contributed by atoms with van der Waals surface area (Å²) in [6.07, 6.45) is -4.89. The Bertz CT molecular complexity index is 1090. The molecule has 1 amide bonds. The maximum absolute atomic E-state index is 13.8. The van der Waals surface area contributed by atoms with Crippen LogP contribution in [0.25, 0.3) is 5.69 Å². The largest absolute Gasteiger partial charge is 0.435 e. The van der Waals surface area contributed by atoms with E-state index in [2.05, 4.69) is 10.3 Å². The van der Waals surface area contributed by atoms with E-state index < -0.39 is 29.3 Å². The zero-order chi connectivity index (χ0) is 22.2. The predicted molar refractivity (Wildman–Crippen MR) is 106 cm³/mol. The highest BCUT2D eigenvalue weighted by Crippen LogP contribution is 2.33. The Morgan fingerprint density at radius 1 is 0.968 bits per heavy atom. The van der Waals surface area contributed by atoms with Crippen LogP contribution in [0.3, 0.4) is 0 Å². The molecular formula is C20H16ClF4N5O. The Kier molecular flexibility index (Phi) is 5.57. The molecule has 1 saturated heterocycles. The van der Waals surface area contributed by atoms with Gasteiger partial charge in [0.25, 0.3) is 5.91 Å². The highest BCUT2D eigenvalue weighted by atomic mass is 35.5. The SMILES string of the molecule is O=C(c1nnn(-c2ccc(F)cc2)c1C(F)(F)F)N1CCN(c2ccccc2Cl)CC1. The molecule has 0 unspecified atom stereocenters. The van der Waals surface area contributed by atoms with E-state index in [4.69, 9.17) is 11.6 Å². The highest BCUT2D eigenvalue weighted by molar-refractivity contribution is 6.33. The van der Waals surface area contributed by atoms with Crippen molar-refractivity contribution in [3.05, 3.63) is 70.8 Å². The molecule has 2 heterocycles. The Hall–Kier alpha value is -3.14. The molecular weight excluding hydrogens is 438 g/mol. The number of nitrogens with zero attached hydrogens (tertiary/aromatic N) is 5. The number of aromatic nitrogens is 3. The van der Waals surface area contributed by atoms with Crippen molar-refractivity contribution >= 4 is 23.2 Å². The van der Waals surface area contributed by atoms with Crippen molar-refractivity contribution in [2.24, 2.45) is 0 Å². The van der Waals surface area contributed by atoms with Gasteiger partial charge in [0.05, 0.1) is 16.4 Å². The number of hydrogen-bond acceptors (Lipinski definition) is 4. The van der Waals surface area contributed by atoms with Gasteiger partial charge in [-0.3, -0.25) is 4.79 Å². The van der Waals surface area contributed by atoms with Crippen LogP contribution in [0.15, 0.2) is 48.5 Å². The smallest absolute Gasteiger partial charge is 0.367 e. The molecule has 0 N–H and O–H groups in total. The minimum atomic E-state index is -4.89. The van der Waals surface area contributed by atoms with Crippen LogP contribution in [0.1, 0.15) is 16.2 Å². The third kappa shape index (κ3) is 4.20. The molecule has 0 bridgehead atoms. The molecule has 6 nitrogen and oxygen atoms in total. The molecule has 4 rings (SSSR count). The van der Waals surface area contributed by atoms with Crippen molar-refractivity contribution < 1.29 is 22.4 Å². The number of carbonyl (C=O) groups is 1. The van der Waals surface area contributed by atoms with Crippen LogP contribution in [0.2, 0.25) is 5.02 Å². The quantitative estimate of drug-likeness (QED) is 0.562. The normalized spacial score (nSPS) is 14.7. The molecule has 162 valence electrons. The zero-order valence-corrected chi connectivity index (χ0v) is 16.7. The van der Waals surface area contributed by atoms with Gasteiger partial charge in [0.1, 0.15) is 5.82 Å². The fraction of sp³-hybridized carbons (Fsp3) is 0.250. The first-order valence-electron chi connectivity index (χ1n) is 9.33. The lowest BCUT2D eigenvalue weighted by molar-refractivity contribution is -0.143. The summed E-state index contributed by atoms with van der Waals surface area (Å²) < 4.78 is 55.0. The summed E-state index contributed by atoms with van der Waals surface area (Å²) in [4.78, 5) is 16.2. The van der Waals surface area contributed by atoms with E-state index >= 15 is 0 Å². The van der Waals surface area contributed by atoms with Gasteiger partial charge in [-0.2, -0.15) is 13.2 Å². The van der Waals surface area contributed by atoms with Crippen molar-refractivity contribution in [2.75, 3.05) is 31.1 Å². The van der Waals surface area contributed by atoms with Gasteiger partial charge in [-0.05, 0) is 36.4 Å². The average molecular weight is 454 g/mol. The molecule has 31 heavy (non-hydrogen) atoms. The Morgan fingerprint density at radius 3 is 2.23 bits per heavy atom. The second-order valence-electron chi connectivity index (χ2n) is 6.90. The summed E-state index contributed by atoms with van der Waals surface area (Å²) in [6.45, 7) is 1.21. The standard InChI is InChI=1S/C20H16ClF4N5O/c21-15-3-1-2-4-16(15)28-9-11-29(12-10-28)19(31)17-18(20(23,24)25)30(27-26-17)14-7-5-13(22)6-8-14/h1-8H,9-12H2. The van der Waals surface area contributed by atoms with Crippen molar-refractivity contribution in [1.82, 2.24) is 19.9 Å². The molecule has 0 radical (unpaired) electrons. The first-order chi connectivity index (χ1) is 14.8. The number of para-hydroxylation sites is 1. The third-order valence-electron chi connectivity index (χ3n) is 4.97. The number of alkyl halides is 3. The summed E-state index contributed by atoms with van der Waals surface area (Å²) in [5.74, 6) is -1.47. The average Bonchev–Trinajstić information content (AvgIpc) is 3.20. The Balaban J connectivity index is 1.58. The van der Waals surface area contributed by atoms with Crippen molar-refractivity contribution in [3.63, 3.8) is 0 Å². The van der Waals surface area contributed by atoms with Crippen LogP contribution in [-0.4, -0.2) is 52.0 Å². The van der Waals surface area contributed by atoms with E-state index in [1.165, 1.54) is 4.90 Å². The van der Waals surface area contributed by atoms with Gasteiger partial charge < -0.3 is 9.80 Å². The molecule has 0 saturated carbocycles. The third-order valence-corrected chi connectivity index (χ3v) is 5.29. The first-order valence-corrected chi connectivity index (χ1v) is 9.71. The van der Waals surface area contributed by atoms with Gasteiger partial charge in [0.2, 0.25) is 0 Å². The topological polar surface area (TPSA) is 54.3 Å². The van der Waals surface area contributed by atoms with E-state index in [1.54, 1.807) is 12.1 Å². The second kappa shape index (κ2) is 8.18. The Labute approximate surface area is 179 Å². The second-order valence-corrected chi connectivity index (χ2v) is 7.31. The van der Waals surface area contributed by atoms with Crippen molar-refractivity contribution in [1.29, 1.82) is 0 Å². The molecule has 3 aromatic rings. The van der Waals surface area contributed by atoms with E-state index in [1.807, 2.05) is 17.0 Å². The van der Waals surface area contributed by atoms with Crippen LogP contribution in [-0.2, 0) is 6.18 Å². The summed E-state index contributed by atoms with van der Waals surface area (Å²) in [5, 5.41) is 7.60. The molecule has 1 aliphatic rings. The van der Waals surface area contributed by atoms with E-state index in [0.29, 0.717) is 22.8 Å². The number of piperazine rings is 1. The summed E-state index contributed by atoms with van der Waals surface area (Å²) in [6, 6.07) is 11.5. The molecule has 1 aromatic heterocycles. The molecule has 2 aromatic carbocycles. The van der Waals surface area contributed by atoms with E-state index in [0.717, 1.165) is 30.0 Å². The van der Waals surface area contributed by atoms with Crippen LogP contribution in [0.4, 0.5) is 23.2 Å². The lowest BCUT2D eigenvalue weighted by Gasteiger charge is -2.36. The summed E-state index contributed by atoms with van der Waals surface area (Å²) >= 11 is 6.20. The van der Waals surface area contributed by atoms with Crippen LogP contribution < -0.4 is 4.90 Å². The molecule has 11 heteroatoms. The Morgan fingerprint density at radius 2 is 1.61 bits per heavy atom. The predicted octanol–water partition coefficient (Wildman–Crippen LogP) is 4.04. The van der Waals surface area contributed by atoms with Gasteiger partial charge in [-0.15, -0.1) is 5.10 Å². The number of anilines is 1. The number of carbonyl (C=O) groups excluding carboxylic acids is 1.